The van der Waals surface area contributed by atoms with Crippen molar-refractivity contribution in [1.82, 2.24) is 9.80 Å². The van der Waals surface area contributed by atoms with Gasteiger partial charge in [-0.15, -0.1) is 0 Å². The zero-order valence-corrected chi connectivity index (χ0v) is 14.9. The molecule has 3 rings (SSSR count). The van der Waals surface area contributed by atoms with E-state index in [9.17, 15) is 9.90 Å². The molecule has 5 heteroatoms. The van der Waals surface area contributed by atoms with Crippen LogP contribution in [0.15, 0.2) is 0 Å². The van der Waals surface area contributed by atoms with Crippen LogP contribution in [-0.4, -0.2) is 71.3 Å². The van der Waals surface area contributed by atoms with Crippen molar-refractivity contribution in [2.24, 2.45) is 5.41 Å². The Bertz CT molecular complexity index is 438. The van der Waals surface area contributed by atoms with Gasteiger partial charge in [0.2, 0.25) is 5.91 Å². The lowest BCUT2D eigenvalue weighted by Gasteiger charge is -2.56. The minimum Gasteiger partial charge on any atom is -0.391 e. The van der Waals surface area contributed by atoms with Crippen molar-refractivity contribution in [3.05, 3.63) is 0 Å². The molecule has 3 aliphatic rings. The number of hydrogen-bond donors (Lipinski definition) is 1. The van der Waals surface area contributed by atoms with Gasteiger partial charge >= 0.3 is 0 Å². The third-order valence-corrected chi connectivity index (χ3v) is 6.58. The summed E-state index contributed by atoms with van der Waals surface area (Å²) in [6, 6.07) is 0.662. The molecule has 5 nitrogen and oxygen atoms in total. The van der Waals surface area contributed by atoms with Crippen LogP contribution in [0, 0.1) is 5.41 Å². The molecule has 132 valence electrons. The molecule has 0 aromatic carbocycles. The number of carbonyl (C=O) groups excluding carboxylic acids is 1. The number of piperidine rings is 2. The molecule has 3 saturated heterocycles. The minimum atomic E-state index is -0.449. The highest BCUT2D eigenvalue weighted by atomic mass is 16.5. The Labute approximate surface area is 140 Å². The van der Waals surface area contributed by atoms with Crippen LogP contribution in [0.4, 0.5) is 0 Å². The van der Waals surface area contributed by atoms with E-state index in [4.69, 9.17) is 4.74 Å². The van der Waals surface area contributed by atoms with Gasteiger partial charge in [0.15, 0.2) is 0 Å². The second-order valence-electron chi connectivity index (χ2n) is 8.36. The number of likely N-dealkylation sites (tertiary alicyclic amines) is 2. The summed E-state index contributed by atoms with van der Waals surface area (Å²) in [4.78, 5) is 16.6. The number of ether oxygens (including phenoxy) is 1. The van der Waals surface area contributed by atoms with E-state index in [0.29, 0.717) is 6.04 Å². The van der Waals surface area contributed by atoms with Gasteiger partial charge in [-0.2, -0.15) is 0 Å². The summed E-state index contributed by atoms with van der Waals surface area (Å²) in [5, 5.41) is 10.7. The van der Waals surface area contributed by atoms with E-state index >= 15 is 0 Å². The Morgan fingerprint density at radius 2 is 1.78 bits per heavy atom. The van der Waals surface area contributed by atoms with Crippen molar-refractivity contribution < 1.29 is 14.6 Å². The van der Waals surface area contributed by atoms with Crippen molar-refractivity contribution >= 4 is 5.91 Å². The van der Waals surface area contributed by atoms with Crippen molar-refractivity contribution in [2.75, 3.05) is 32.8 Å². The number of aliphatic hydroxyl groups excluding tert-OH is 1. The number of nitrogens with zero attached hydrogens (tertiary/aromatic N) is 2. The monoisotopic (exact) mass is 324 g/mol. The van der Waals surface area contributed by atoms with E-state index in [1.54, 1.807) is 6.92 Å². The van der Waals surface area contributed by atoms with Gasteiger partial charge in [-0.3, -0.25) is 4.79 Å². The third kappa shape index (κ3) is 3.28. The predicted octanol–water partition coefficient (Wildman–Crippen LogP) is 1.64. The molecule has 23 heavy (non-hydrogen) atoms. The fourth-order valence-electron chi connectivity index (χ4n) is 4.74. The van der Waals surface area contributed by atoms with Crippen molar-refractivity contribution in [2.45, 2.75) is 70.6 Å². The number of rotatable bonds is 1. The summed E-state index contributed by atoms with van der Waals surface area (Å²) in [6.07, 6.45) is 4.84. The molecule has 0 radical (unpaired) electrons. The first-order valence-electron chi connectivity index (χ1n) is 9.12. The van der Waals surface area contributed by atoms with Crippen LogP contribution in [0.1, 0.15) is 52.9 Å². The van der Waals surface area contributed by atoms with Gasteiger partial charge in [-0.1, -0.05) is 0 Å². The van der Waals surface area contributed by atoms with Gasteiger partial charge in [0.05, 0.1) is 11.6 Å². The first kappa shape index (κ1) is 17.2. The molecule has 3 aliphatic heterocycles. The molecule has 0 aliphatic carbocycles. The lowest BCUT2D eigenvalue weighted by Crippen LogP contribution is -2.65. The highest BCUT2D eigenvalue weighted by Crippen LogP contribution is 2.45. The summed E-state index contributed by atoms with van der Waals surface area (Å²) in [5.41, 5.74) is -0.350. The Kier molecular flexibility index (Phi) is 4.73. The average molecular weight is 324 g/mol. The molecule has 1 amide bonds. The zero-order valence-electron chi connectivity index (χ0n) is 14.9. The zero-order chi connectivity index (χ0) is 16.7. The Morgan fingerprint density at radius 1 is 1.17 bits per heavy atom. The van der Waals surface area contributed by atoms with Crippen LogP contribution in [0.3, 0.4) is 0 Å². The lowest BCUT2D eigenvalue weighted by atomic mass is 9.67. The van der Waals surface area contributed by atoms with Crippen molar-refractivity contribution in [3.63, 3.8) is 0 Å². The first-order chi connectivity index (χ1) is 10.8. The third-order valence-electron chi connectivity index (χ3n) is 6.58. The SMILES string of the molecule is CC(=O)N1CC2(CCN(C3CCOCC3)CC2)CC(O)C1(C)C. The normalized spacial score (nSPS) is 32.2. The second kappa shape index (κ2) is 6.34. The maximum atomic E-state index is 12.1. The average Bonchev–Trinajstić information content (AvgIpc) is 2.53. The molecule has 1 unspecified atom stereocenters. The smallest absolute Gasteiger partial charge is 0.219 e. The van der Waals surface area contributed by atoms with Gasteiger partial charge in [-0.05, 0) is 64.5 Å². The van der Waals surface area contributed by atoms with Gasteiger partial charge in [-0.25, -0.2) is 0 Å². The van der Waals surface area contributed by atoms with Crippen LogP contribution in [0.2, 0.25) is 0 Å². The van der Waals surface area contributed by atoms with E-state index < -0.39 is 11.6 Å². The summed E-state index contributed by atoms with van der Waals surface area (Å²) in [7, 11) is 0. The van der Waals surface area contributed by atoms with Crippen LogP contribution in [0.5, 0.6) is 0 Å². The van der Waals surface area contributed by atoms with Crippen LogP contribution in [-0.2, 0) is 9.53 Å². The van der Waals surface area contributed by atoms with Gasteiger partial charge < -0.3 is 19.6 Å². The number of hydrogen-bond acceptors (Lipinski definition) is 4. The predicted molar refractivity (Wildman–Crippen MR) is 89.2 cm³/mol. The van der Waals surface area contributed by atoms with E-state index in [1.165, 1.54) is 0 Å². The van der Waals surface area contributed by atoms with Crippen LogP contribution >= 0.6 is 0 Å². The minimum absolute atomic E-state index is 0.0833. The Morgan fingerprint density at radius 3 is 2.35 bits per heavy atom. The molecule has 1 atom stereocenters. The number of aliphatic hydroxyl groups is 1. The summed E-state index contributed by atoms with van der Waals surface area (Å²) in [6.45, 7) is 10.4. The van der Waals surface area contributed by atoms with Gasteiger partial charge in [0, 0.05) is 32.7 Å². The molecule has 3 heterocycles. The fourth-order valence-corrected chi connectivity index (χ4v) is 4.74. The molecule has 3 fully saturated rings. The first-order valence-corrected chi connectivity index (χ1v) is 9.12. The molecule has 1 N–H and O–H groups in total. The molecular formula is C18H32N2O3. The number of amides is 1. The number of carbonyl (C=O) groups is 1. The lowest BCUT2D eigenvalue weighted by molar-refractivity contribution is -0.158. The van der Waals surface area contributed by atoms with Crippen molar-refractivity contribution in [1.29, 1.82) is 0 Å². The Hall–Kier alpha value is -0.650. The summed E-state index contributed by atoms with van der Waals surface area (Å²) < 4.78 is 5.47. The largest absolute Gasteiger partial charge is 0.391 e. The topological polar surface area (TPSA) is 53.0 Å². The van der Waals surface area contributed by atoms with E-state index in [0.717, 1.165) is 65.0 Å². The highest BCUT2D eigenvalue weighted by molar-refractivity contribution is 5.74. The molecule has 1 spiro atoms. The maximum absolute atomic E-state index is 12.1. The molecule has 0 bridgehead atoms. The van der Waals surface area contributed by atoms with E-state index in [-0.39, 0.29) is 11.3 Å². The molecule has 0 saturated carbocycles. The van der Waals surface area contributed by atoms with Gasteiger partial charge in [0.1, 0.15) is 0 Å². The van der Waals surface area contributed by atoms with E-state index in [2.05, 4.69) is 4.90 Å². The molecular weight excluding hydrogens is 292 g/mol. The second-order valence-corrected chi connectivity index (χ2v) is 8.36. The standard InChI is InChI=1S/C18H32N2O3/c1-14(21)20-13-18(12-16(22)17(20,2)3)6-8-19(9-7-18)15-4-10-23-11-5-15/h15-16,22H,4-13H2,1-3H3. The fraction of sp³-hybridized carbons (Fsp3) is 0.944. The summed E-state index contributed by atoms with van der Waals surface area (Å²) >= 11 is 0. The van der Waals surface area contributed by atoms with Crippen LogP contribution < -0.4 is 0 Å². The maximum Gasteiger partial charge on any atom is 0.219 e. The van der Waals surface area contributed by atoms with E-state index in [1.807, 2.05) is 18.7 Å². The highest BCUT2D eigenvalue weighted by Gasteiger charge is 2.50. The van der Waals surface area contributed by atoms with Crippen LogP contribution in [0.25, 0.3) is 0 Å². The van der Waals surface area contributed by atoms with Crippen molar-refractivity contribution in [3.8, 4) is 0 Å². The quantitative estimate of drug-likeness (QED) is 0.797. The Balaban J connectivity index is 1.66. The molecule has 0 aromatic heterocycles. The summed E-state index contributed by atoms with van der Waals surface area (Å²) in [5.74, 6) is 0.0833. The molecule has 0 aromatic rings. The van der Waals surface area contributed by atoms with Gasteiger partial charge in [0.25, 0.3) is 0 Å².